The highest BCUT2D eigenvalue weighted by Crippen LogP contribution is 2.27. The standard InChI is InChI=1S/C20H32N4O.HI/c1-3-21-20(23-17-7-4-5-8-17)22-14-16-11-12-24(15-16)18-9-6-10-19(13-18)25-2;/h6,9-10,13,16-17H,3-5,7-8,11-12,14-15H2,1-2H3,(H2,21,22,23);1H. The Morgan fingerprint density at radius 3 is 2.81 bits per heavy atom. The van der Waals surface area contributed by atoms with Crippen LogP contribution in [0.1, 0.15) is 39.0 Å². The van der Waals surface area contributed by atoms with E-state index in [1.54, 1.807) is 7.11 Å². The molecule has 5 nitrogen and oxygen atoms in total. The van der Waals surface area contributed by atoms with Crippen LogP contribution in [0.2, 0.25) is 0 Å². The summed E-state index contributed by atoms with van der Waals surface area (Å²) in [6.07, 6.45) is 6.43. The van der Waals surface area contributed by atoms with E-state index in [4.69, 9.17) is 9.73 Å². The van der Waals surface area contributed by atoms with Crippen LogP contribution in [0.25, 0.3) is 0 Å². The number of halogens is 1. The molecule has 1 saturated carbocycles. The average Bonchev–Trinajstić information content (AvgIpc) is 3.32. The molecule has 2 aliphatic rings. The van der Waals surface area contributed by atoms with E-state index in [2.05, 4.69) is 40.7 Å². The van der Waals surface area contributed by atoms with Crippen LogP contribution in [0.15, 0.2) is 29.3 Å². The topological polar surface area (TPSA) is 48.9 Å². The Balaban J connectivity index is 0.00000243. The van der Waals surface area contributed by atoms with Crippen molar-refractivity contribution in [2.24, 2.45) is 10.9 Å². The quantitative estimate of drug-likeness (QED) is 0.377. The van der Waals surface area contributed by atoms with Crippen molar-refractivity contribution in [3.63, 3.8) is 0 Å². The molecule has 0 amide bonds. The van der Waals surface area contributed by atoms with Gasteiger partial charge in [-0.25, -0.2) is 0 Å². The lowest BCUT2D eigenvalue weighted by molar-refractivity contribution is 0.415. The third-order valence-electron chi connectivity index (χ3n) is 5.25. The number of anilines is 1. The van der Waals surface area contributed by atoms with Gasteiger partial charge < -0.3 is 20.3 Å². The summed E-state index contributed by atoms with van der Waals surface area (Å²) in [4.78, 5) is 7.31. The van der Waals surface area contributed by atoms with Gasteiger partial charge in [-0.05, 0) is 44.2 Å². The molecule has 3 rings (SSSR count). The Bertz CT molecular complexity index is 575. The molecule has 6 heteroatoms. The lowest BCUT2D eigenvalue weighted by atomic mass is 10.1. The average molecular weight is 472 g/mol. The summed E-state index contributed by atoms with van der Waals surface area (Å²) in [5, 5.41) is 7.01. The van der Waals surface area contributed by atoms with Crippen LogP contribution >= 0.6 is 24.0 Å². The van der Waals surface area contributed by atoms with Gasteiger partial charge in [0.25, 0.3) is 0 Å². The predicted molar refractivity (Wildman–Crippen MR) is 120 cm³/mol. The third-order valence-corrected chi connectivity index (χ3v) is 5.25. The van der Waals surface area contributed by atoms with Crippen LogP contribution < -0.4 is 20.3 Å². The van der Waals surface area contributed by atoms with Crippen LogP contribution in [0.5, 0.6) is 5.75 Å². The number of rotatable bonds is 6. The molecule has 1 aliphatic carbocycles. The van der Waals surface area contributed by atoms with Crippen molar-refractivity contribution in [2.75, 3.05) is 38.2 Å². The molecule has 1 aliphatic heterocycles. The number of hydrogen-bond acceptors (Lipinski definition) is 3. The smallest absolute Gasteiger partial charge is 0.191 e. The van der Waals surface area contributed by atoms with Crippen molar-refractivity contribution in [2.45, 2.75) is 45.1 Å². The molecule has 1 aromatic carbocycles. The molecule has 0 spiro atoms. The zero-order chi connectivity index (χ0) is 17.5. The van der Waals surface area contributed by atoms with Gasteiger partial charge in [-0.3, -0.25) is 4.99 Å². The van der Waals surface area contributed by atoms with Gasteiger partial charge in [0.2, 0.25) is 0 Å². The van der Waals surface area contributed by atoms with Crippen molar-refractivity contribution in [1.82, 2.24) is 10.6 Å². The van der Waals surface area contributed by atoms with E-state index in [0.717, 1.165) is 37.9 Å². The van der Waals surface area contributed by atoms with Crippen LogP contribution in [0.4, 0.5) is 5.69 Å². The first-order valence-electron chi connectivity index (χ1n) is 9.72. The van der Waals surface area contributed by atoms with Crippen molar-refractivity contribution >= 4 is 35.6 Å². The summed E-state index contributed by atoms with van der Waals surface area (Å²) in [6, 6.07) is 8.96. The largest absolute Gasteiger partial charge is 0.497 e. The zero-order valence-corrected chi connectivity index (χ0v) is 18.4. The molecule has 1 atom stereocenters. The number of hydrogen-bond donors (Lipinski definition) is 2. The van der Waals surface area contributed by atoms with Gasteiger partial charge in [0.1, 0.15) is 5.75 Å². The minimum absolute atomic E-state index is 0. The van der Waals surface area contributed by atoms with Crippen LogP contribution in [0.3, 0.4) is 0 Å². The van der Waals surface area contributed by atoms with E-state index >= 15 is 0 Å². The Kier molecular flexibility index (Phi) is 8.81. The van der Waals surface area contributed by atoms with Crippen molar-refractivity contribution < 1.29 is 4.74 Å². The van der Waals surface area contributed by atoms with E-state index in [-0.39, 0.29) is 24.0 Å². The van der Waals surface area contributed by atoms with Gasteiger partial charge in [-0.2, -0.15) is 0 Å². The molecule has 2 fully saturated rings. The number of aliphatic imine (C=N–C) groups is 1. The molecule has 2 N–H and O–H groups in total. The molecule has 0 radical (unpaired) electrons. The summed E-state index contributed by atoms with van der Waals surface area (Å²) in [6.45, 7) is 6.10. The summed E-state index contributed by atoms with van der Waals surface area (Å²) in [7, 11) is 1.72. The maximum atomic E-state index is 5.35. The zero-order valence-electron chi connectivity index (χ0n) is 16.0. The number of benzene rings is 1. The predicted octanol–water partition coefficient (Wildman–Crippen LogP) is 3.64. The molecular formula is C20H33IN4O. The summed E-state index contributed by atoms with van der Waals surface area (Å²) in [5.41, 5.74) is 1.25. The van der Waals surface area contributed by atoms with Crippen LogP contribution in [-0.2, 0) is 0 Å². The molecule has 1 aromatic rings. The number of methoxy groups -OCH3 is 1. The fraction of sp³-hybridized carbons (Fsp3) is 0.650. The van der Waals surface area contributed by atoms with Gasteiger partial charge in [0.15, 0.2) is 5.96 Å². The molecule has 1 saturated heterocycles. The highest BCUT2D eigenvalue weighted by molar-refractivity contribution is 14.0. The first kappa shape index (κ1) is 21.1. The summed E-state index contributed by atoms with van der Waals surface area (Å²) in [5.74, 6) is 2.54. The van der Waals surface area contributed by atoms with E-state index in [0.29, 0.717) is 12.0 Å². The van der Waals surface area contributed by atoms with Gasteiger partial charge >= 0.3 is 0 Å². The third kappa shape index (κ3) is 5.93. The SMILES string of the molecule is CCNC(=NCC1CCN(c2cccc(OC)c2)C1)NC1CCCC1.I. The van der Waals surface area contributed by atoms with Gasteiger partial charge in [0.05, 0.1) is 7.11 Å². The Hall–Kier alpha value is -1.18. The van der Waals surface area contributed by atoms with E-state index in [1.807, 2.05) is 6.07 Å². The van der Waals surface area contributed by atoms with Crippen LogP contribution in [-0.4, -0.2) is 45.3 Å². The highest BCUT2D eigenvalue weighted by atomic mass is 127. The molecule has 26 heavy (non-hydrogen) atoms. The second-order valence-corrected chi connectivity index (χ2v) is 7.15. The molecule has 1 unspecified atom stereocenters. The van der Waals surface area contributed by atoms with Crippen LogP contribution in [0, 0.1) is 5.92 Å². The van der Waals surface area contributed by atoms with Gasteiger partial charge in [0, 0.05) is 44.0 Å². The Morgan fingerprint density at radius 1 is 1.27 bits per heavy atom. The minimum Gasteiger partial charge on any atom is -0.497 e. The lowest BCUT2D eigenvalue weighted by Crippen LogP contribution is -2.42. The Morgan fingerprint density at radius 2 is 2.08 bits per heavy atom. The number of guanidine groups is 1. The highest BCUT2D eigenvalue weighted by Gasteiger charge is 2.23. The van der Waals surface area contributed by atoms with E-state index in [9.17, 15) is 0 Å². The van der Waals surface area contributed by atoms with Gasteiger partial charge in [-0.15, -0.1) is 24.0 Å². The molecule has 0 bridgehead atoms. The fourth-order valence-electron chi connectivity index (χ4n) is 3.83. The maximum Gasteiger partial charge on any atom is 0.191 e. The molecule has 1 heterocycles. The number of nitrogens with one attached hydrogen (secondary N) is 2. The molecule has 0 aromatic heterocycles. The first-order valence-corrected chi connectivity index (χ1v) is 9.72. The molecule has 146 valence electrons. The van der Waals surface area contributed by atoms with Crippen molar-refractivity contribution in [3.05, 3.63) is 24.3 Å². The van der Waals surface area contributed by atoms with Gasteiger partial charge in [-0.1, -0.05) is 18.9 Å². The minimum atomic E-state index is 0. The molecular weight excluding hydrogens is 439 g/mol. The summed E-state index contributed by atoms with van der Waals surface area (Å²) < 4.78 is 5.35. The normalized spacial score (nSPS) is 20.8. The van der Waals surface area contributed by atoms with Crippen molar-refractivity contribution in [3.8, 4) is 5.75 Å². The van der Waals surface area contributed by atoms with E-state index < -0.39 is 0 Å². The second kappa shape index (κ2) is 10.8. The monoisotopic (exact) mass is 472 g/mol. The lowest BCUT2D eigenvalue weighted by Gasteiger charge is -2.19. The van der Waals surface area contributed by atoms with Crippen molar-refractivity contribution in [1.29, 1.82) is 0 Å². The number of nitrogens with zero attached hydrogens (tertiary/aromatic N) is 2. The Labute approximate surface area is 175 Å². The second-order valence-electron chi connectivity index (χ2n) is 7.15. The number of ether oxygens (including phenoxy) is 1. The maximum absolute atomic E-state index is 5.35. The summed E-state index contributed by atoms with van der Waals surface area (Å²) >= 11 is 0. The fourth-order valence-corrected chi connectivity index (χ4v) is 3.83. The first-order chi connectivity index (χ1) is 12.3. The van der Waals surface area contributed by atoms with E-state index in [1.165, 1.54) is 37.8 Å².